The summed E-state index contributed by atoms with van der Waals surface area (Å²) in [5.41, 5.74) is 5.81. The number of carbonyl (C=O) groups excluding carboxylic acids is 1. The van der Waals surface area contributed by atoms with E-state index in [9.17, 15) is 4.79 Å². The van der Waals surface area contributed by atoms with Crippen molar-refractivity contribution in [2.45, 2.75) is 26.4 Å². The van der Waals surface area contributed by atoms with E-state index in [1.165, 1.54) is 0 Å². The number of hydrogen-bond acceptors (Lipinski definition) is 2. The highest BCUT2D eigenvalue weighted by Crippen LogP contribution is 2.27. The molecule has 0 aliphatic heterocycles. The van der Waals surface area contributed by atoms with Gasteiger partial charge in [-0.3, -0.25) is 0 Å². The Bertz CT molecular complexity index is 387. The predicted octanol–water partition coefficient (Wildman–Crippen LogP) is 3.66. The first-order valence-electron chi connectivity index (χ1n) is 5.30. The highest BCUT2D eigenvalue weighted by Gasteiger charge is 2.20. The first kappa shape index (κ1) is 14.1. The Hall–Kier alpha value is -0.930. The molecule has 0 radical (unpaired) electrons. The van der Waals surface area contributed by atoms with Gasteiger partial charge in [0.25, 0.3) is 0 Å². The number of rotatable bonds is 4. The van der Waals surface area contributed by atoms with Crippen LogP contribution in [0.3, 0.4) is 0 Å². The molecule has 0 heterocycles. The molecule has 1 rings (SSSR count). The van der Waals surface area contributed by atoms with Crippen LogP contribution in [0.15, 0.2) is 18.2 Å². The largest absolute Gasteiger partial charge is 0.446 e. The zero-order valence-corrected chi connectivity index (χ0v) is 11.3. The number of ether oxygens (including phenoxy) is 1. The van der Waals surface area contributed by atoms with E-state index >= 15 is 0 Å². The van der Waals surface area contributed by atoms with Crippen LogP contribution < -0.4 is 5.73 Å². The molecule has 94 valence electrons. The molecule has 1 atom stereocenters. The Morgan fingerprint density at radius 2 is 1.88 bits per heavy atom. The number of carbonyl (C=O) groups is 1. The minimum absolute atomic E-state index is 0.134. The minimum Gasteiger partial charge on any atom is -0.446 e. The fourth-order valence-electron chi connectivity index (χ4n) is 1.49. The Morgan fingerprint density at radius 3 is 2.29 bits per heavy atom. The second kappa shape index (κ2) is 6.12. The van der Waals surface area contributed by atoms with Crippen molar-refractivity contribution in [3.8, 4) is 0 Å². The third-order valence-electron chi connectivity index (χ3n) is 2.48. The molecule has 0 spiro atoms. The normalized spacial score (nSPS) is 12.5. The molecule has 17 heavy (non-hydrogen) atoms. The van der Waals surface area contributed by atoms with Crippen LogP contribution in [-0.2, 0) is 11.2 Å². The summed E-state index contributed by atoms with van der Waals surface area (Å²) in [7, 11) is 0. The van der Waals surface area contributed by atoms with E-state index in [-0.39, 0.29) is 12.0 Å². The summed E-state index contributed by atoms with van der Waals surface area (Å²) in [6.45, 7) is 3.89. The van der Waals surface area contributed by atoms with Crippen LogP contribution in [-0.4, -0.2) is 12.2 Å². The van der Waals surface area contributed by atoms with Crippen molar-refractivity contribution in [2.24, 2.45) is 11.7 Å². The predicted molar refractivity (Wildman–Crippen MR) is 69.5 cm³/mol. The van der Waals surface area contributed by atoms with E-state index in [2.05, 4.69) is 0 Å². The number of benzene rings is 1. The summed E-state index contributed by atoms with van der Waals surface area (Å²) in [5.74, 6) is 0.134. The van der Waals surface area contributed by atoms with Gasteiger partial charge in [-0.15, -0.1) is 0 Å². The Balaban J connectivity index is 2.89. The molecule has 0 aromatic heterocycles. The van der Waals surface area contributed by atoms with Crippen LogP contribution in [0.5, 0.6) is 0 Å². The van der Waals surface area contributed by atoms with Crippen molar-refractivity contribution >= 4 is 29.3 Å². The number of amides is 1. The average Bonchev–Trinajstić information content (AvgIpc) is 2.21. The first-order valence-corrected chi connectivity index (χ1v) is 6.06. The molecule has 1 aromatic rings. The standard InChI is InChI=1S/C12H15Cl2NO2/c1-7(2)11(17-12(15)16)6-8-9(13)4-3-5-10(8)14/h3-5,7,11H,6H2,1-2H3,(H2,15,16). The number of primary amides is 1. The summed E-state index contributed by atoms with van der Waals surface area (Å²) in [4.78, 5) is 10.8. The summed E-state index contributed by atoms with van der Waals surface area (Å²) >= 11 is 12.1. The molecule has 2 N–H and O–H groups in total. The molecule has 0 aliphatic carbocycles. The second-order valence-corrected chi connectivity index (χ2v) is 4.94. The fraction of sp³-hybridized carbons (Fsp3) is 0.417. The molecule has 0 bridgehead atoms. The molecule has 1 amide bonds. The van der Waals surface area contributed by atoms with Gasteiger partial charge in [0.05, 0.1) is 0 Å². The Morgan fingerprint density at radius 1 is 1.35 bits per heavy atom. The lowest BCUT2D eigenvalue weighted by atomic mass is 9.99. The van der Waals surface area contributed by atoms with Crippen molar-refractivity contribution in [1.29, 1.82) is 0 Å². The Kier molecular flexibility index (Phi) is 5.09. The van der Waals surface area contributed by atoms with Gasteiger partial charge in [0.2, 0.25) is 0 Å². The van der Waals surface area contributed by atoms with Crippen LogP contribution in [0.2, 0.25) is 10.0 Å². The van der Waals surface area contributed by atoms with Gasteiger partial charge in [-0.2, -0.15) is 0 Å². The smallest absolute Gasteiger partial charge is 0.404 e. The highest BCUT2D eigenvalue weighted by atomic mass is 35.5. The van der Waals surface area contributed by atoms with Crippen molar-refractivity contribution in [2.75, 3.05) is 0 Å². The number of nitrogens with two attached hydrogens (primary N) is 1. The second-order valence-electron chi connectivity index (χ2n) is 4.12. The van der Waals surface area contributed by atoms with Gasteiger partial charge in [0.1, 0.15) is 6.10 Å². The van der Waals surface area contributed by atoms with E-state index in [1.807, 2.05) is 13.8 Å². The third-order valence-corrected chi connectivity index (χ3v) is 3.19. The van der Waals surface area contributed by atoms with E-state index in [1.54, 1.807) is 18.2 Å². The van der Waals surface area contributed by atoms with Crippen molar-refractivity contribution < 1.29 is 9.53 Å². The van der Waals surface area contributed by atoms with Gasteiger partial charge in [0.15, 0.2) is 0 Å². The molecule has 0 fully saturated rings. The van der Waals surface area contributed by atoms with E-state index < -0.39 is 6.09 Å². The lowest BCUT2D eigenvalue weighted by Crippen LogP contribution is -2.29. The highest BCUT2D eigenvalue weighted by molar-refractivity contribution is 6.36. The van der Waals surface area contributed by atoms with Gasteiger partial charge < -0.3 is 10.5 Å². The van der Waals surface area contributed by atoms with Crippen LogP contribution >= 0.6 is 23.2 Å². The molecule has 5 heteroatoms. The van der Waals surface area contributed by atoms with Crippen LogP contribution in [0.1, 0.15) is 19.4 Å². The lowest BCUT2D eigenvalue weighted by Gasteiger charge is -2.21. The summed E-state index contributed by atoms with van der Waals surface area (Å²) < 4.78 is 5.05. The average molecular weight is 276 g/mol. The zero-order valence-electron chi connectivity index (χ0n) is 9.74. The van der Waals surface area contributed by atoms with Gasteiger partial charge in [-0.25, -0.2) is 4.79 Å². The van der Waals surface area contributed by atoms with E-state index in [0.717, 1.165) is 5.56 Å². The molecular formula is C12H15Cl2NO2. The molecule has 1 unspecified atom stereocenters. The Labute approximate surface area is 111 Å². The van der Waals surface area contributed by atoms with Gasteiger partial charge in [-0.05, 0) is 23.6 Å². The fourth-order valence-corrected chi connectivity index (χ4v) is 2.04. The maximum atomic E-state index is 10.8. The molecule has 3 nitrogen and oxygen atoms in total. The quantitative estimate of drug-likeness (QED) is 0.912. The van der Waals surface area contributed by atoms with Gasteiger partial charge in [-0.1, -0.05) is 43.1 Å². The third kappa shape index (κ3) is 4.10. The van der Waals surface area contributed by atoms with Gasteiger partial charge in [0, 0.05) is 16.5 Å². The van der Waals surface area contributed by atoms with E-state index in [0.29, 0.717) is 16.5 Å². The monoisotopic (exact) mass is 275 g/mol. The zero-order chi connectivity index (χ0) is 13.0. The molecular weight excluding hydrogens is 261 g/mol. The van der Waals surface area contributed by atoms with Crippen molar-refractivity contribution in [3.05, 3.63) is 33.8 Å². The lowest BCUT2D eigenvalue weighted by molar-refractivity contribution is 0.0788. The van der Waals surface area contributed by atoms with Crippen molar-refractivity contribution in [1.82, 2.24) is 0 Å². The van der Waals surface area contributed by atoms with E-state index in [4.69, 9.17) is 33.7 Å². The maximum absolute atomic E-state index is 10.8. The summed E-state index contributed by atoms with van der Waals surface area (Å²) in [5, 5.41) is 1.13. The number of halogens is 2. The maximum Gasteiger partial charge on any atom is 0.404 e. The first-order chi connectivity index (χ1) is 7.91. The molecule has 0 aliphatic rings. The molecule has 1 aromatic carbocycles. The topological polar surface area (TPSA) is 52.3 Å². The van der Waals surface area contributed by atoms with Crippen LogP contribution in [0.4, 0.5) is 4.79 Å². The van der Waals surface area contributed by atoms with Crippen LogP contribution in [0.25, 0.3) is 0 Å². The molecule has 0 saturated carbocycles. The van der Waals surface area contributed by atoms with Crippen molar-refractivity contribution in [3.63, 3.8) is 0 Å². The molecule has 0 saturated heterocycles. The van der Waals surface area contributed by atoms with Gasteiger partial charge >= 0.3 is 6.09 Å². The summed E-state index contributed by atoms with van der Waals surface area (Å²) in [6, 6.07) is 5.28. The number of hydrogen-bond donors (Lipinski definition) is 1. The van der Waals surface area contributed by atoms with Crippen LogP contribution in [0, 0.1) is 5.92 Å². The summed E-state index contributed by atoms with van der Waals surface area (Å²) in [6.07, 6.45) is -0.657. The SMILES string of the molecule is CC(C)C(Cc1c(Cl)cccc1Cl)OC(N)=O. The minimum atomic E-state index is -0.785.